The van der Waals surface area contributed by atoms with Gasteiger partial charge in [0.2, 0.25) is 11.8 Å². The molecule has 0 aromatic rings. The van der Waals surface area contributed by atoms with Crippen molar-refractivity contribution in [2.75, 3.05) is 13.7 Å². The molecule has 2 N–H and O–H groups in total. The summed E-state index contributed by atoms with van der Waals surface area (Å²) in [6.07, 6.45) is 11.4. The first-order valence-corrected chi connectivity index (χ1v) is 11.1. The van der Waals surface area contributed by atoms with Crippen molar-refractivity contribution in [3.05, 3.63) is 0 Å². The van der Waals surface area contributed by atoms with Gasteiger partial charge in [-0.2, -0.15) is 0 Å². The summed E-state index contributed by atoms with van der Waals surface area (Å²) in [5.74, 6) is 1.81. The number of carbonyl (C=O) groups excluding carboxylic acids is 3. The topological polar surface area (TPSA) is 84.5 Å². The van der Waals surface area contributed by atoms with Crippen LogP contribution < -0.4 is 10.6 Å². The predicted molar refractivity (Wildman–Crippen MR) is 104 cm³/mol. The molecule has 6 heteroatoms. The number of nitrogens with one attached hydrogen (secondary N) is 2. The zero-order valence-corrected chi connectivity index (χ0v) is 17.1. The summed E-state index contributed by atoms with van der Waals surface area (Å²) in [4.78, 5) is 37.7. The van der Waals surface area contributed by atoms with Crippen LogP contribution in [0.1, 0.15) is 77.0 Å². The molecule has 0 spiro atoms. The summed E-state index contributed by atoms with van der Waals surface area (Å²) in [5.41, 5.74) is -1.06. The molecule has 2 amide bonds. The Balaban J connectivity index is 1.28. The number of amides is 2. The lowest BCUT2D eigenvalue weighted by molar-refractivity contribution is -0.152. The van der Waals surface area contributed by atoms with Crippen LogP contribution in [0.3, 0.4) is 0 Å². The Morgan fingerprint density at radius 1 is 0.929 bits per heavy atom. The monoisotopic (exact) mass is 390 g/mol. The molecule has 0 heterocycles. The SMILES string of the molecule is COC(=O)C1(NC(=O)CCNC(=O)C23CC4CC(CC(C4)C2)C3)CCCCC1. The second-order valence-electron chi connectivity index (χ2n) is 9.89. The Bertz CT molecular complexity index is 603. The quantitative estimate of drug-likeness (QED) is 0.683. The average molecular weight is 391 g/mol. The molecule has 0 aromatic carbocycles. The van der Waals surface area contributed by atoms with E-state index in [4.69, 9.17) is 4.74 Å². The van der Waals surface area contributed by atoms with E-state index >= 15 is 0 Å². The van der Waals surface area contributed by atoms with Gasteiger partial charge in [-0.25, -0.2) is 4.79 Å². The van der Waals surface area contributed by atoms with Gasteiger partial charge < -0.3 is 15.4 Å². The highest BCUT2D eigenvalue weighted by molar-refractivity contribution is 5.88. The van der Waals surface area contributed by atoms with E-state index in [1.807, 2.05) is 0 Å². The van der Waals surface area contributed by atoms with Gasteiger partial charge in [0.25, 0.3) is 0 Å². The van der Waals surface area contributed by atoms with Crippen molar-refractivity contribution >= 4 is 17.8 Å². The number of methoxy groups -OCH3 is 1. The van der Waals surface area contributed by atoms with Crippen molar-refractivity contribution < 1.29 is 19.1 Å². The third kappa shape index (κ3) is 3.67. The summed E-state index contributed by atoms with van der Waals surface area (Å²) < 4.78 is 4.95. The molecule has 0 aromatic heterocycles. The molecule has 5 fully saturated rings. The first-order chi connectivity index (χ1) is 13.4. The van der Waals surface area contributed by atoms with Crippen LogP contribution >= 0.6 is 0 Å². The van der Waals surface area contributed by atoms with E-state index in [0.29, 0.717) is 19.4 Å². The fourth-order valence-electron chi connectivity index (χ4n) is 6.93. The molecule has 5 rings (SSSR count). The van der Waals surface area contributed by atoms with Gasteiger partial charge >= 0.3 is 5.97 Å². The lowest BCUT2D eigenvalue weighted by Gasteiger charge is -2.55. The molecule has 4 bridgehead atoms. The molecule has 0 aliphatic heterocycles. The molecule has 0 radical (unpaired) electrons. The van der Waals surface area contributed by atoms with Crippen molar-refractivity contribution in [3.63, 3.8) is 0 Å². The molecular formula is C22H34N2O4. The number of esters is 1. The second kappa shape index (κ2) is 7.68. The van der Waals surface area contributed by atoms with Gasteiger partial charge in [0.05, 0.1) is 7.11 Å². The second-order valence-corrected chi connectivity index (χ2v) is 9.89. The Kier molecular flexibility index (Phi) is 5.41. The maximum absolute atomic E-state index is 13.0. The molecule has 6 nitrogen and oxygen atoms in total. The Labute approximate surface area is 167 Å². The number of carbonyl (C=O) groups is 3. The number of rotatable bonds is 6. The van der Waals surface area contributed by atoms with E-state index in [-0.39, 0.29) is 29.6 Å². The third-order valence-electron chi connectivity index (χ3n) is 7.82. The molecule has 0 unspecified atom stereocenters. The smallest absolute Gasteiger partial charge is 0.331 e. The zero-order chi connectivity index (χ0) is 19.8. The van der Waals surface area contributed by atoms with Crippen molar-refractivity contribution in [2.45, 2.75) is 82.6 Å². The fourth-order valence-corrected chi connectivity index (χ4v) is 6.93. The van der Waals surface area contributed by atoms with Crippen LogP contribution in [0.15, 0.2) is 0 Å². The van der Waals surface area contributed by atoms with Gasteiger partial charge in [0.15, 0.2) is 0 Å². The summed E-state index contributed by atoms with van der Waals surface area (Å²) in [6.45, 7) is 0.337. The van der Waals surface area contributed by atoms with Crippen LogP contribution in [0.2, 0.25) is 0 Å². The highest BCUT2D eigenvalue weighted by Crippen LogP contribution is 2.60. The standard InChI is InChI=1S/C22H34N2O4/c1-28-20(27)22(6-3-2-4-7-22)24-18(25)5-8-23-19(26)21-12-15-9-16(13-21)11-17(10-15)14-21/h15-17H,2-14H2,1H3,(H,23,26)(H,24,25). The van der Waals surface area contributed by atoms with Crippen molar-refractivity contribution in [3.8, 4) is 0 Å². The van der Waals surface area contributed by atoms with Crippen LogP contribution in [0.25, 0.3) is 0 Å². The van der Waals surface area contributed by atoms with Crippen molar-refractivity contribution in [1.29, 1.82) is 0 Å². The normalized spacial score (nSPS) is 35.2. The molecule has 0 saturated heterocycles. The predicted octanol–water partition coefficient (Wildman–Crippen LogP) is 2.70. The lowest BCUT2D eigenvalue weighted by atomic mass is 9.49. The minimum absolute atomic E-state index is 0.153. The minimum atomic E-state index is -0.881. The lowest BCUT2D eigenvalue weighted by Crippen LogP contribution is -2.57. The fraction of sp³-hybridized carbons (Fsp3) is 0.864. The van der Waals surface area contributed by atoms with Crippen LogP contribution in [0, 0.1) is 23.2 Å². The van der Waals surface area contributed by atoms with Crippen LogP contribution in [-0.4, -0.2) is 37.0 Å². The molecule has 5 saturated carbocycles. The van der Waals surface area contributed by atoms with E-state index in [1.54, 1.807) is 0 Å². The zero-order valence-electron chi connectivity index (χ0n) is 17.1. The molecular weight excluding hydrogens is 356 g/mol. The summed E-state index contributed by atoms with van der Waals surface area (Å²) in [7, 11) is 1.37. The Morgan fingerprint density at radius 2 is 1.50 bits per heavy atom. The first kappa shape index (κ1) is 19.7. The van der Waals surface area contributed by atoms with E-state index < -0.39 is 5.54 Å². The highest BCUT2D eigenvalue weighted by Gasteiger charge is 2.54. The highest BCUT2D eigenvalue weighted by atomic mass is 16.5. The average Bonchev–Trinajstić information content (AvgIpc) is 2.66. The summed E-state index contributed by atoms with van der Waals surface area (Å²) in [6, 6.07) is 0. The molecule has 0 atom stereocenters. The summed E-state index contributed by atoms with van der Waals surface area (Å²) in [5, 5.41) is 5.98. The molecule has 5 aliphatic rings. The first-order valence-electron chi connectivity index (χ1n) is 11.1. The van der Waals surface area contributed by atoms with E-state index in [9.17, 15) is 14.4 Å². The maximum Gasteiger partial charge on any atom is 0.331 e. The third-order valence-corrected chi connectivity index (χ3v) is 7.82. The molecule has 28 heavy (non-hydrogen) atoms. The Hall–Kier alpha value is -1.59. The van der Waals surface area contributed by atoms with Gasteiger partial charge in [0, 0.05) is 18.4 Å². The van der Waals surface area contributed by atoms with Crippen LogP contribution in [-0.2, 0) is 19.1 Å². The number of hydrogen-bond donors (Lipinski definition) is 2. The van der Waals surface area contributed by atoms with Gasteiger partial charge in [0.1, 0.15) is 5.54 Å². The maximum atomic E-state index is 13.0. The largest absolute Gasteiger partial charge is 0.467 e. The van der Waals surface area contributed by atoms with E-state index in [0.717, 1.165) is 56.3 Å². The van der Waals surface area contributed by atoms with E-state index in [2.05, 4.69) is 10.6 Å². The van der Waals surface area contributed by atoms with Crippen LogP contribution in [0.4, 0.5) is 0 Å². The van der Waals surface area contributed by atoms with Gasteiger partial charge in [-0.15, -0.1) is 0 Å². The van der Waals surface area contributed by atoms with Gasteiger partial charge in [-0.3, -0.25) is 9.59 Å². The van der Waals surface area contributed by atoms with Crippen molar-refractivity contribution in [1.82, 2.24) is 10.6 Å². The van der Waals surface area contributed by atoms with E-state index in [1.165, 1.54) is 26.4 Å². The van der Waals surface area contributed by atoms with Crippen molar-refractivity contribution in [2.24, 2.45) is 23.2 Å². The molecule has 156 valence electrons. The van der Waals surface area contributed by atoms with Crippen LogP contribution in [0.5, 0.6) is 0 Å². The van der Waals surface area contributed by atoms with Gasteiger partial charge in [-0.05, 0) is 69.1 Å². The Morgan fingerprint density at radius 3 is 2.04 bits per heavy atom. The van der Waals surface area contributed by atoms with Gasteiger partial charge in [-0.1, -0.05) is 19.3 Å². The minimum Gasteiger partial charge on any atom is -0.467 e. The molecule has 5 aliphatic carbocycles. The summed E-state index contributed by atoms with van der Waals surface area (Å²) >= 11 is 0. The number of hydrogen-bond acceptors (Lipinski definition) is 4. The number of ether oxygens (including phenoxy) is 1.